The molecule has 0 saturated carbocycles. The summed E-state index contributed by atoms with van der Waals surface area (Å²) in [7, 11) is 0. The monoisotopic (exact) mass is 246 g/mol. The molecule has 1 rings (SSSR count). The van der Waals surface area contributed by atoms with E-state index in [1.54, 1.807) is 0 Å². The van der Waals surface area contributed by atoms with Crippen LogP contribution in [0, 0.1) is 0 Å². The zero-order valence-electron chi connectivity index (χ0n) is 7.97. The largest absolute Gasteiger partial charge is 0.479 e. The van der Waals surface area contributed by atoms with Gasteiger partial charge in [-0.05, 0) is 6.08 Å². The highest BCUT2D eigenvalue weighted by atomic mass is 16.4. The lowest BCUT2D eigenvalue weighted by Crippen LogP contribution is -2.62. The van der Waals surface area contributed by atoms with Crippen LogP contribution in [-0.4, -0.2) is 60.1 Å². The van der Waals surface area contributed by atoms with Crippen LogP contribution in [0.4, 0.5) is 9.59 Å². The van der Waals surface area contributed by atoms with Gasteiger partial charge in [-0.15, -0.1) is 0 Å². The Kier molecular flexibility index (Phi) is 2.65. The maximum Gasteiger partial charge on any atom is 0.430 e. The lowest BCUT2D eigenvalue weighted by atomic mass is 10.0. The van der Waals surface area contributed by atoms with Gasteiger partial charge in [-0.3, -0.25) is 0 Å². The second kappa shape index (κ2) is 3.66. The smallest absolute Gasteiger partial charge is 0.430 e. The van der Waals surface area contributed by atoms with Gasteiger partial charge < -0.3 is 20.4 Å². The van der Waals surface area contributed by atoms with Crippen molar-refractivity contribution in [1.82, 2.24) is 10.0 Å². The number of hydrogen-bond donors (Lipinski definition) is 4. The van der Waals surface area contributed by atoms with Crippen LogP contribution in [0.15, 0.2) is 12.3 Å². The molecular weight excluding hydrogens is 240 g/mol. The average Bonchev–Trinajstić information content (AvgIpc) is 2.57. The van der Waals surface area contributed by atoms with E-state index in [1.807, 2.05) is 0 Å². The van der Waals surface area contributed by atoms with Crippen LogP contribution < -0.4 is 0 Å². The fourth-order valence-corrected chi connectivity index (χ4v) is 1.29. The highest BCUT2D eigenvalue weighted by Crippen LogP contribution is 2.28. The van der Waals surface area contributed by atoms with E-state index in [1.165, 1.54) is 0 Å². The van der Waals surface area contributed by atoms with Crippen LogP contribution in [0.25, 0.3) is 0 Å². The molecule has 1 aliphatic rings. The van der Waals surface area contributed by atoms with E-state index in [9.17, 15) is 19.2 Å². The predicted molar refractivity (Wildman–Crippen MR) is 46.9 cm³/mol. The summed E-state index contributed by atoms with van der Waals surface area (Å²) in [6.45, 7) is 0. The minimum absolute atomic E-state index is 0.0371. The lowest BCUT2D eigenvalue weighted by Gasteiger charge is -2.31. The molecule has 17 heavy (non-hydrogen) atoms. The van der Waals surface area contributed by atoms with E-state index < -0.39 is 29.7 Å². The van der Waals surface area contributed by atoms with Crippen LogP contribution >= 0.6 is 0 Å². The molecule has 92 valence electrons. The molecule has 4 N–H and O–H groups in total. The van der Waals surface area contributed by atoms with Crippen molar-refractivity contribution in [2.45, 2.75) is 5.54 Å². The Labute approximate surface area is 92.5 Å². The molecule has 0 aromatic rings. The molecule has 2 amide bonds. The van der Waals surface area contributed by atoms with Gasteiger partial charge in [-0.25, -0.2) is 19.2 Å². The molecule has 1 aliphatic heterocycles. The molecule has 0 unspecified atom stereocenters. The molecular formula is C7H6N2O8. The number of hydrogen-bond acceptors (Lipinski definition) is 4. The van der Waals surface area contributed by atoms with Gasteiger partial charge in [0.05, 0.1) is 0 Å². The molecule has 0 saturated heterocycles. The van der Waals surface area contributed by atoms with Crippen molar-refractivity contribution in [1.29, 1.82) is 0 Å². The molecule has 0 aromatic carbocycles. The van der Waals surface area contributed by atoms with Crippen molar-refractivity contribution in [3.05, 3.63) is 12.3 Å². The number of nitrogens with zero attached hydrogens (tertiary/aromatic N) is 2. The maximum atomic E-state index is 10.9. The van der Waals surface area contributed by atoms with Gasteiger partial charge in [0.1, 0.15) is 0 Å². The molecule has 0 fully saturated rings. The van der Waals surface area contributed by atoms with Crippen molar-refractivity contribution in [2.75, 3.05) is 0 Å². The average molecular weight is 246 g/mol. The van der Waals surface area contributed by atoms with Crippen molar-refractivity contribution < 1.29 is 39.6 Å². The molecule has 0 bridgehead atoms. The molecule has 1 heterocycles. The van der Waals surface area contributed by atoms with E-state index in [0.29, 0.717) is 12.3 Å². The van der Waals surface area contributed by atoms with Crippen LogP contribution in [-0.2, 0) is 9.59 Å². The summed E-state index contributed by atoms with van der Waals surface area (Å²) >= 11 is 0. The van der Waals surface area contributed by atoms with Gasteiger partial charge >= 0.3 is 24.1 Å². The van der Waals surface area contributed by atoms with E-state index in [-0.39, 0.29) is 10.0 Å². The Morgan fingerprint density at radius 1 is 0.882 bits per heavy atom. The summed E-state index contributed by atoms with van der Waals surface area (Å²) < 4.78 is 0. The van der Waals surface area contributed by atoms with Crippen LogP contribution in [0.3, 0.4) is 0 Å². The summed E-state index contributed by atoms with van der Waals surface area (Å²) in [5.41, 5.74) is -2.98. The van der Waals surface area contributed by atoms with Gasteiger partial charge in [-0.1, -0.05) is 0 Å². The topological polar surface area (TPSA) is 156 Å². The van der Waals surface area contributed by atoms with E-state index >= 15 is 0 Å². The first kappa shape index (κ1) is 12.3. The molecule has 0 aliphatic carbocycles. The third-order valence-electron chi connectivity index (χ3n) is 2.04. The van der Waals surface area contributed by atoms with Crippen molar-refractivity contribution in [3.63, 3.8) is 0 Å². The first-order valence-electron chi connectivity index (χ1n) is 3.96. The third-order valence-corrected chi connectivity index (χ3v) is 2.04. The van der Waals surface area contributed by atoms with Crippen LogP contribution in [0.2, 0.25) is 0 Å². The first-order valence-corrected chi connectivity index (χ1v) is 3.96. The van der Waals surface area contributed by atoms with Gasteiger partial charge in [-0.2, -0.15) is 10.0 Å². The molecule has 10 heteroatoms. The standard InChI is InChI=1S/C7H6N2O8/c10-3(11)7(4(12)13)1-2-8(5(14)15)9(7)6(16)17/h1-2H,(H,10,11)(H,12,13)(H,14,15)(H,16,17). The Balaban J connectivity index is 3.38. The number of aliphatic carboxylic acids is 2. The summed E-state index contributed by atoms with van der Waals surface area (Å²) in [4.78, 5) is 43.2. The van der Waals surface area contributed by atoms with Crippen molar-refractivity contribution in [3.8, 4) is 0 Å². The van der Waals surface area contributed by atoms with E-state index in [4.69, 9.17) is 20.4 Å². The summed E-state index contributed by atoms with van der Waals surface area (Å²) in [6, 6.07) is 0. The van der Waals surface area contributed by atoms with Crippen LogP contribution in [0.1, 0.15) is 0 Å². The Morgan fingerprint density at radius 3 is 1.65 bits per heavy atom. The predicted octanol–water partition coefficient (Wildman–Crippen LogP) is -0.703. The zero-order valence-corrected chi connectivity index (χ0v) is 7.97. The van der Waals surface area contributed by atoms with Gasteiger partial charge in [0.15, 0.2) is 0 Å². The molecule has 0 radical (unpaired) electrons. The number of carboxylic acids is 2. The SMILES string of the molecule is O=C(O)N1C=CC(C(=O)O)(C(=O)O)N1C(=O)O. The maximum absolute atomic E-state index is 10.9. The number of carbonyl (C=O) groups is 4. The second-order valence-corrected chi connectivity index (χ2v) is 2.91. The van der Waals surface area contributed by atoms with Gasteiger partial charge in [0.25, 0.3) is 5.54 Å². The van der Waals surface area contributed by atoms with Gasteiger partial charge in [0.2, 0.25) is 0 Å². The van der Waals surface area contributed by atoms with E-state index in [0.717, 1.165) is 0 Å². The van der Waals surface area contributed by atoms with Crippen molar-refractivity contribution in [2.24, 2.45) is 0 Å². The summed E-state index contributed by atoms with van der Waals surface area (Å²) in [5.74, 6) is -4.04. The highest BCUT2D eigenvalue weighted by molar-refractivity contribution is 6.09. The van der Waals surface area contributed by atoms with E-state index in [2.05, 4.69) is 0 Å². The highest BCUT2D eigenvalue weighted by Gasteiger charge is 2.59. The Bertz CT molecular complexity index is 427. The fourth-order valence-electron chi connectivity index (χ4n) is 1.29. The van der Waals surface area contributed by atoms with Crippen molar-refractivity contribution >= 4 is 24.1 Å². The minimum Gasteiger partial charge on any atom is -0.479 e. The Morgan fingerprint density at radius 2 is 1.35 bits per heavy atom. The normalized spacial score (nSPS) is 16.9. The number of carboxylic acid groups (broad SMARTS) is 4. The third kappa shape index (κ3) is 1.51. The molecule has 0 atom stereocenters. The molecule has 0 aromatic heterocycles. The second-order valence-electron chi connectivity index (χ2n) is 2.91. The quantitative estimate of drug-likeness (QED) is 0.466. The zero-order chi connectivity index (χ0) is 13.4. The summed E-state index contributed by atoms with van der Waals surface area (Å²) in [6.07, 6.45) is -2.85. The molecule has 0 spiro atoms. The number of amides is 2. The molecule has 10 nitrogen and oxygen atoms in total. The van der Waals surface area contributed by atoms with Gasteiger partial charge in [0, 0.05) is 6.20 Å². The number of hydrazine groups is 1. The minimum atomic E-state index is -2.98. The Hall–Kier alpha value is -2.78. The number of rotatable bonds is 2. The lowest BCUT2D eigenvalue weighted by molar-refractivity contribution is -0.166. The first-order chi connectivity index (χ1) is 7.75. The van der Waals surface area contributed by atoms with Crippen LogP contribution in [0.5, 0.6) is 0 Å². The fraction of sp³-hybridized carbons (Fsp3) is 0.143. The summed E-state index contributed by atoms with van der Waals surface area (Å²) in [5, 5.41) is 34.6.